The van der Waals surface area contributed by atoms with Gasteiger partial charge in [0.1, 0.15) is 0 Å². The first kappa shape index (κ1) is 4.46. The summed E-state index contributed by atoms with van der Waals surface area (Å²) in [6, 6.07) is 0. The lowest BCUT2D eigenvalue weighted by atomic mass is 10.5. The summed E-state index contributed by atoms with van der Waals surface area (Å²) in [5, 5.41) is 0. The zero-order valence-electron chi connectivity index (χ0n) is 3.91. The second-order valence-corrected chi connectivity index (χ2v) is 1.31. The molecule has 0 atom stereocenters. The second-order valence-electron chi connectivity index (χ2n) is 1.31. The van der Waals surface area contributed by atoms with Crippen LogP contribution in [0.3, 0.4) is 0 Å². The van der Waals surface area contributed by atoms with Crippen LogP contribution in [0.1, 0.15) is 0 Å². The highest BCUT2D eigenvalue weighted by Gasteiger charge is 1.98. The summed E-state index contributed by atoms with van der Waals surface area (Å²) >= 11 is 0. The van der Waals surface area contributed by atoms with Crippen LogP contribution in [0.15, 0.2) is 9.98 Å². The van der Waals surface area contributed by atoms with Crippen LogP contribution < -0.4 is 5.73 Å². The van der Waals surface area contributed by atoms with Gasteiger partial charge in [-0.25, -0.2) is 0 Å². The lowest BCUT2D eigenvalue weighted by Crippen LogP contribution is -2.12. The molecular formula is C4H7N3. The quantitative estimate of drug-likeness (QED) is 0.468. The summed E-state index contributed by atoms with van der Waals surface area (Å²) in [5.74, 6) is 0. The Hall–Kier alpha value is -0.700. The number of aliphatic imine (C=N–C) groups is 2. The van der Waals surface area contributed by atoms with E-state index in [1.54, 1.807) is 12.4 Å². The molecule has 0 radical (unpaired) electrons. The van der Waals surface area contributed by atoms with Crippen LogP contribution >= 0.6 is 0 Å². The van der Waals surface area contributed by atoms with E-state index < -0.39 is 0 Å². The molecule has 7 heavy (non-hydrogen) atoms. The van der Waals surface area contributed by atoms with Crippen LogP contribution in [-0.2, 0) is 0 Å². The first-order valence-electron chi connectivity index (χ1n) is 2.18. The number of hydrogen-bond donors (Lipinski definition) is 1. The Morgan fingerprint density at radius 3 is 2.29 bits per heavy atom. The SMILES string of the molecule is NCC1N=CC=N1. The maximum Gasteiger partial charge on any atom is 0.151 e. The molecule has 0 bridgehead atoms. The van der Waals surface area contributed by atoms with Crippen LogP contribution in [0.2, 0.25) is 0 Å². The highest BCUT2D eigenvalue weighted by molar-refractivity contribution is 6.17. The van der Waals surface area contributed by atoms with E-state index in [9.17, 15) is 0 Å². The predicted octanol–water partition coefficient (Wildman–Crippen LogP) is -0.574. The topological polar surface area (TPSA) is 50.7 Å². The predicted molar refractivity (Wildman–Crippen MR) is 29.8 cm³/mol. The largest absolute Gasteiger partial charge is 0.327 e. The number of nitrogens with zero attached hydrogens (tertiary/aromatic N) is 2. The van der Waals surface area contributed by atoms with E-state index in [2.05, 4.69) is 9.98 Å². The van der Waals surface area contributed by atoms with Gasteiger partial charge in [0.05, 0.1) is 0 Å². The molecule has 0 aromatic rings. The van der Waals surface area contributed by atoms with Crippen LogP contribution in [0.5, 0.6) is 0 Å². The van der Waals surface area contributed by atoms with Gasteiger partial charge >= 0.3 is 0 Å². The van der Waals surface area contributed by atoms with Crippen LogP contribution in [0.4, 0.5) is 0 Å². The minimum Gasteiger partial charge on any atom is -0.327 e. The summed E-state index contributed by atoms with van der Waals surface area (Å²) in [7, 11) is 0. The summed E-state index contributed by atoms with van der Waals surface area (Å²) in [4.78, 5) is 7.76. The molecule has 0 spiro atoms. The molecule has 1 aliphatic rings. The van der Waals surface area contributed by atoms with Gasteiger partial charge in [-0.1, -0.05) is 0 Å². The summed E-state index contributed by atoms with van der Waals surface area (Å²) in [5.41, 5.74) is 5.21. The average molecular weight is 97.1 g/mol. The molecule has 0 amide bonds. The van der Waals surface area contributed by atoms with Gasteiger partial charge < -0.3 is 5.73 Å². The van der Waals surface area contributed by atoms with E-state index in [1.165, 1.54) is 0 Å². The lowest BCUT2D eigenvalue weighted by molar-refractivity contribution is 0.740. The molecule has 0 saturated heterocycles. The van der Waals surface area contributed by atoms with Gasteiger partial charge in [-0.3, -0.25) is 9.98 Å². The van der Waals surface area contributed by atoms with Gasteiger partial charge in [-0.05, 0) is 0 Å². The van der Waals surface area contributed by atoms with E-state index in [0.717, 1.165) is 0 Å². The Morgan fingerprint density at radius 1 is 1.43 bits per heavy atom. The molecule has 3 nitrogen and oxygen atoms in total. The van der Waals surface area contributed by atoms with Crippen molar-refractivity contribution in [1.29, 1.82) is 0 Å². The highest BCUT2D eigenvalue weighted by atomic mass is 15.0. The third-order valence-electron chi connectivity index (χ3n) is 0.794. The molecule has 38 valence electrons. The van der Waals surface area contributed by atoms with E-state index >= 15 is 0 Å². The van der Waals surface area contributed by atoms with Crippen molar-refractivity contribution in [3.05, 3.63) is 0 Å². The molecule has 2 N–H and O–H groups in total. The molecule has 0 unspecified atom stereocenters. The fraction of sp³-hybridized carbons (Fsp3) is 0.500. The zero-order chi connectivity index (χ0) is 5.11. The Bertz CT molecular complexity index is 93.5. The smallest absolute Gasteiger partial charge is 0.151 e. The van der Waals surface area contributed by atoms with Gasteiger partial charge in [0.25, 0.3) is 0 Å². The summed E-state index contributed by atoms with van der Waals surface area (Å²) in [6.07, 6.45) is 3.34. The number of nitrogens with two attached hydrogens (primary N) is 1. The van der Waals surface area contributed by atoms with Gasteiger partial charge in [-0.15, -0.1) is 0 Å². The molecular weight excluding hydrogens is 90.1 g/mol. The van der Waals surface area contributed by atoms with Crippen molar-refractivity contribution in [2.45, 2.75) is 6.17 Å². The van der Waals surface area contributed by atoms with Crippen molar-refractivity contribution >= 4 is 12.4 Å². The zero-order valence-corrected chi connectivity index (χ0v) is 3.91. The van der Waals surface area contributed by atoms with Gasteiger partial charge in [0.15, 0.2) is 6.17 Å². The van der Waals surface area contributed by atoms with Crippen molar-refractivity contribution in [3.8, 4) is 0 Å². The molecule has 3 heteroatoms. The second kappa shape index (κ2) is 1.84. The molecule has 0 aromatic heterocycles. The Balaban J connectivity index is 2.44. The molecule has 0 aromatic carbocycles. The number of hydrogen-bond acceptors (Lipinski definition) is 3. The van der Waals surface area contributed by atoms with Gasteiger partial charge in [0, 0.05) is 19.0 Å². The fourth-order valence-corrected chi connectivity index (χ4v) is 0.436. The van der Waals surface area contributed by atoms with Crippen molar-refractivity contribution < 1.29 is 0 Å². The van der Waals surface area contributed by atoms with E-state index in [1.807, 2.05) is 0 Å². The van der Waals surface area contributed by atoms with Crippen LogP contribution in [-0.4, -0.2) is 25.1 Å². The molecule has 0 saturated carbocycles. The molecule has 1 heterocycles. The summed E-state index contributed by atoms with van der Waals surface area (Å²) in [6.45, 7) is 0.521. The lowest BCUT2D eigenvalue weighted by Gasteiger charge is -1.93. The minimum atomic E-state index is 0.0139. The first-order chi connectivity index (χ1) is 3.43. The fourth-order valence-electron chi connectivity index (χ4n) is 0.436. The Morgan fingerprint density at radius 2 is 2.00 bits per heavy atom. The summed E-state index contributed by atoms with van der Waals surface area (Å²) < 4.78 is 0. The molecule has 0 aliphatic carbocycles. The Kier molecular flexibility index (Phi) is 1.17. The molecule has 0 fully saturated rings. The third kappa shape index (κ3) is 0.838. The Labute approximate surface area is 42.0 Å². The third-order valence-corrected chi connectivity index (χ3v) is 0.794. The number of rotatable bonds is 1. The van der Waals surface area contributed by atoms with Crippen molar-refractivity contribution in [2.24, 2.45) is 15.7 Å². The van der Waals surface area contributed by atoms with E-state index in [4.69, 9.17) is 5.73 Å². The van der Waals surface area contributed by atoms with E-state index in [-0.39, 0.29) is 6.17 Å². The van der Waals surface area contributed by atoms with Crippen LogP contribution in [0.25, 0.3) is 0 Å². The average Bonchev–Trinajstić information content (AvgIpc) is 2.14. The van der Waals surface area contributed by atoms with Gasteiger partial charge in [0.2, 0.25) is 0 Å². The highest BCUT2D eigenvalue weighted by Crippen LogP contribution is 1.91. The first-order valence-corrected chi connectivity index (χ1v) is 2.18. The van der Waals surface area contributed by atoms with Gasteiger partial charge in [-0.2, -0.15) is 0 Å². The van der Waals surface area contributed by atoms with Crippen molar-refractivity contribution in [3.63, 3.8) is 0 Å². The standard InChI is InChI=1S/C4H7N3/c5-3-4-6-1-2-7-4/h1-2,4H,3,5H2. The minimum absolute atomic E-state index is 0.0139. The molecule has 1 rings (SSSR count). The van der Waals surface area contributed by atoms with Crippen LogP contribution in [0, 0.1) is 0 Å². The van der Waals surface area contributed by atoms with Crippen molar-refractivity contribution in [2.75, 3.05) is 6.54 Å². The molecule has 1 aliphatic heterocycles. The van der Waals surface area contributed by atoms with E-state index in [0.29, 0.717) is 6.54 Å². The normalized spacial score (nSPS) is 19.0. The monoisotopic (exact) mass is 97.1 g/mol. The van der Waals surface area contributed by atoms with Crippen molar-refractivity contribution in [1.82, 2.24) is 0 Å². The maximum atomic E-state index is 5.21. The maximum absolute atomic E-state index is 5.21.